The quantitative estimate of drug-likeness (QED) is 0.761. The number of ether oxygens (including phenoxy) is 1. The van der Waals surface area contributed by atoms with Gasteiger partial charge in [-0.2, -0.15) is 0 Å². The summed E-state index contributed by atoms with van der Waals surface area (Å²) in [5.41, 5.74) is 7.64. The van der Waals surface area contributed by atoms with E-state index in [-0.39, 0.29) is 18.3 Å². The third-order valence-electron chi connectivity index (χ3n) is 3.23. The van der Waals surface area contributed by atoms with Gasteiger partial charge in [-0.15, -0.1) is 12.4 Å². The van der Waals surface area contributed by atoms with Crippen LogP contribution in [0.4, 0.5) is 0 Å². The first-order valence-corrected chi connectivity index (χ1v) is 7.20. The Kier molecular flexibility index (Phi) is 9.06. The molecule has 0 saturated carbocycles. The van der Waals surface area contributed by atoms with E-state index in [9.17, 15) is 4.79 Å². The topological polar surface area (TPSA) is 64.3 Å². The van der Waals surface area contributed by atoms with Crippen molar-refractivity contribution in [1.82, 2.24) is 5.32 Å². The molecule has 21 heavy (non-hydrogen) atoms. The molecule has 4 nitrogen and oxygen atoms in total. The molecule has 1 aromatic carbocycles. The third-order valence-corrected chi connectivity index (χ3v) is 3.23. The summed E-state index contributed by atoms with van der Waals surface area (Å²) < 4.78 is 5.79. The molecule has 0 heterocycles. The van der Waals surface area contributed by atoms with Crippen LogP contribution < -0.4 is 15.8 Å². The van der Waals surface area contributed by atoms with Crippen LogP contribution in [0.1, 0.15) is 44.2 Å². The second kappa shape index (κ2) is 9.64. The van der Waals surface area contributed by atoms with Crippen molar-refractivity contribution in [1.29, 1.82) is 0 Å². The number of carbonyl (C=O) groups excluding carboxylic acids is 1. The SMILES string of the molecule is Cc1ccc(C(C)C)cc1OC(C)C(=O)NCCCN.Cl. The summed E-state index contributed by atoms with van der Waals surface area (Å²) in [5.74, 6) is 1.11. The van der Waals surface area contributed by atoms with E-state index in [0.29, 0.717) is 19.0 Å². The van der Waals surface area contributed by atoms with Gasteiger partial charge < -0.3 is 15.8 Å². The van der Waals surface area contributed by atoms with E-state index in [1.165, 1.54) is 5.56 Å². The molecule has 1 amide bonds. The van der Waals surface area contributed by atoms with Crippen molar-refractivity contribution in [2.24, 2.45) is 5.73 Å². The van der Waals surface area contributed by atoms with E-state index in [1.807, 2.05) is 19.1 Å². The van der Waals surface area contributed by atoms with Gasteiger partial charge in [-0.1, -0.05) is 26.0 Å². The van der Waals surface area contributed by atoms with Crippen LogP contribution in [0.15, 0.2) is 18.2 Å². The van der Waals surface area contributed by atoms with Crippen LogP contribution in [0.5, 0.6) is 5.75 Å². The molecule has 0 radical (unpaired) electrons. The second-order valence-electron chi connectivity index (χ2n) is 5.37. The fraction of sp³-hybridized carbons (Fsp3) is 0.562. The summed E-state index contributed by atoms with van der Waals surface area (Å²) in [5, 5.41) is 2.82. The lowest BCUT2D eigenvalue weighted by atomic mass is 10.0. The van der Waals surface area contributed by atoms with Gasteiger partial charge >= 0.3 is 0 Å². The van der Waals surface area contributed by atoms with Crippen LogP contribution >= 0.6 is 12.4 Å². The normalized spacial score (nSPS) is 11.7. The molecular weight excluding hydrogens is 288 g/mol. The van der Waals surface area contributed by atoms with Crippen molar-refractivity contribution < 1.29 is 9.53 Å². The average Bonchev–Trinajstić information content (AvgIpc) is 2.41. The fourth-order valence-corrected chi connectivity index (χ4v) is 1.80. The Morgan fingerprint density at radius 2 is 2.00 bits per heavy atom. The number of halogens is 1. The maximum atomic E-state index is 11.9. The molecule has 0 fully saturated rings. The van der Waals surface area contributed by atoms with Crippen LogP contribution in [0, 0.1) is 6.92 Å². The highest BCUT2D eigenvalue weighted by molar-refractivity contribution is 5.85. The van der Waals surface area contributed by atoms with Crippen molar-refractivity contribution in [3.05, 3.63) is 29.3 Å². The van der Waals surface area contributed by atoms with E-state index in [4.69, 9.17) is 10.5 Å². The Labute approximate surface area is 133 Å². The summed E-state index contributed by atoms with van der Waals surface area (Å²) >= 11 is 0. The van der Waals surface area contributed by atoms with Crippen LogP contribution in [0.2, 0.25) is 0 Å². The lowest BCUT2D eigenvalue weighted by Crippen LogP contribution is -2.37. The maximum Gasteiger partial charge on any atom is 0.260 e. The summed E-state index contributed by atoms with van der Waals surface area (Å²) in [7, 11) is 0. The van der Waals surface area contributed by atoms with Gasteiger partial charge in [0.1, 0.15) is 5.75 Å². The van der Waals surface area contributed by atoms with E-state index in [1.54, 1.807) is 6.92 Å². The number of nitrogens with two attached hydrogens (primary N) is 1. The minimum absolute atomic E-state index is 0. The first-order chi connectivity index (χ1) is 9.45. The number of aryl methyl sites for hydroxylation is 1. The average molecular weight is 315 g/mol. The van der Waals surface area contributed by atoms with Gasteiger partial charge in [-0.3, -0.25) is 4.79 Å². The van der Waals surface area contributed by atoms with Crippen molar-refractivity contribution >= 4 is 18.3 Å². The maximum absolute atomic E-state index is 11.9. The number of benzene rings is 1. The molecule has 0 aromatic heterocycles. The van der Waals surface area contributed by atoms with Gasteiger partial charge in [-0.25, -0.2) is 0 Å². The van der Waals surface area contributed by atoms with E-state index in [0.717, 1.165) is 17.7 Å². The molecule has 5 heteroatoms. The van der Waals surface area contributed by atoms with E-state index in [2.05, 4.69) is 25.2 Å². The second-order valence-corrected chi connectivity index (χ2v) is 5.37. The summed E-state index contributed by atoms with van der Waals surface area (Å²) in [6.07, 6.45) is 0.272. The molecule has 1 aromatic rings. The van der Waals surface area contributed by atoms with E-state index >= 15 is 0 Å². The largest absolute Gasteiger partial charge is 0.481 e. The first-order valence-electron chi connectivity index (χ1n) is 7.20. The fourth-order valence-electron chi connectivity index (χ4n) is 1.80. The molecule has 0 aliphatic rings. The molecule has 1 atom stereocenters. The zero-order valence-electron chi connectivity index (χ0n) is 13.3. The Bertz CT molecular complexity index is 450. The molecular formula is C16H27ClN2O2. The lowest BCUT2D eigenvalue weighted by molar-refractivity contribution is -0.127. The molecule has 0 saturated heterocycles. The number of nitrogens with one attached hydrogen (secondary N) is 1. The Balaban J connectivity index is 0.00000400. The Morgan fingerprint density at radius 1 is 1.33 bits per heavy atom. The number of rotatable bonds is 7. The molecule has 0 aliphatic carbocycles. The zero-order chi connectivity index (χ0) is 15.1. The number of hydrogen-bond acceptors (Lipinski definition) is 3. The monoisotopic (exact) mass is 314 g/mol. The number of amides is 1. The highest BCUT2D eigenvalue weighted by atomic mass is 35.5. The highest BCUT2D eigenvalue weighted by Crippen LogP contribution is 2.25. The van der Waals surface area contributed by atoms with Crippen molar-refractivity contribution in [3.63, 3.8) is 0 Å². The number of carbonyl (C=O) groups is 1. The highest BCUT2D eigenvalue weighted by Gasteiger charge is 2.15. The summed E-state index contributed by atoms with van der Waals surface area (Å²) in [6, 6.07) is 6.15. The molecule has 1 rings (SSSR count). The zero-order valence-corrected chi connectivity index (χ0v) is 14.1. The van der Waals surface area contributed by atoms with Gasteiger partial charge in [0, 0.05) is 6.54 Å². The molecule has 120 valence electrons. The summed E-state index contributed by atoms with van der Waals surface area (Å²) in [6.45, 7) is 9.19. The first kappa shape index (κ1) is 19.7. The molecule has 0 aliphatic heterocycles. The summed E-state index contributed by atoms with van der Waals surface area (Å²) in [4.78, 5) is 11.9. The van der Waals surface area contributed by atoms with Gasteiger partial charge in [0.2, 0.25) is 0 Å². The minimum Gasteiger partial charge on any atom is -0.481 e. The van der Waals surface area contributed by atoms with E-state index < -0.39 is 6.10 Å². The standard InChI is InChI=1S/C16H26N2O2.ClH/c1-11(2)14-7-6-12(3)15(10-14)20-13(4)16(19)18-9-5-8-17;/h6-7,10-11,13H,5,8-9,17H2,1-4H3,(H,18,19);1H. The molecule has 3 N–H and O–H groups in total. The molecule has 0 bridgehead atoms. The minimum atomic E-state index is -0.506. The molecule has 0 spiro atoms. The van der Waals surface area contributed by atoms with Crippen LogP contribution in [0.25, 0.3) is 0 Å². The Morgan fingerprint density at radius 3 is 2.57 bits per heavy atom. The third kappa shape index (κ3) is 6.36. The van der Waals surface area contributed by atoms with Gasteiger partial charge in [-0.05, 0) is 49.9 Å². The van der Waals surface area contributed by atoms with Crippen molar-refractivity contribution in [2.75, 3.05) is 13.1 Å². The van der Waals surface area contributed by atoms with Crippen molar-refractivity contribution in [2.45, 2.75) is 46.1 Å². The smallest absolute Gasteiger partial charge is 0.260 e. The van der Waals surface area contributed by atoms with Crippen molar-refractivity contribution in [3.8, 4) is 5.75 Å². The van der Waals surface area contributed by atoms with Gasteiger partial charge in [0.25, 0.3) is 5.91 Å². The lowest BCUT2D eigenvalue weighted by Gasteiger charge is -2.17. The number of hydrogen-bond donors (Lipinski definition) is 2. The van der Waals surface area contributed by atoms with Crippen LogP contribution in [-0.4, -0.2) is 25.1 Å². The molecule has 1 unspecified atom stereocenters. The van der Waals surface area contributed by atoms with Gasteiger partial charge in [0.05, 0.1) is 0 Å². The van der Waals surface area contributed by atoms with Crippen LogP contribution in [0.3, 0.4) is 0 Å². The van der Waals surface area contributed by atoms with Crippen LogP contribution in [-0.2, 0) is 4.79 Å². The predicted molar refractivity (Wildman–Crippen MR) is 89.3 cm³/mol. The Hall–Kier alpha value is -1.26. The van der Waals surface area contributed by atoms with Gasteiger partial charge in [0.15, 0.2) is 6.10 Å². The predicted octanol–water partition coefficient (Wildman–Crippen LogP) is 2.77.